The van der Waals surface area contributed by atoms with Gasteiger partial charge in [0.25, 0.3) is 0 Å². The minimum atomic E-state index is 0.165. The minimum Gasteiger partial charge on any atom is -0.310 e. The van der Waals surface area contributed by atoms with Crippen LogP contribution in [0.2, 0.25) is 0 Å². The third-order valence-electron chi connectivity index (χ3n) is 3.12. The Morgan fingerprint density at radius 3 is 2.22 bits per heavy atom. The fourth-order valence-corrected chi connectivity index (χ4v) is 1.96. The number of aromatic nitrogens is 2. The number of likely N-dealkylation sites (N-methyl/N-ethyl adjacent to an activating group) is 1. The van der Waals surface area contributed by atoms with E-state index in [4.69, 9.17) is 0 Å². The Morgan fingerprint density at radius 1 is 1.06 bits per heavy atom. The van der Waals surface area contributed by atoms with Crippen molar-refractivity contribution < 1.29 is 0 Å². The molecule has 0 radical (unpaired) electrons. The Kier molecular flexibility index (Phi) is 4.42. The van der Waals surface area contributed by atoms with Crippen LogP contribution in [0.1, 0.15) is 29.9 Å². The molecule has 0 saturated carbocycles. The zero-order valence-electron chi connectivity index (χ0n) is 10.9. The maximum Gasteiger partial charge on any atom is 0.145 e. The molecule has 3 nitrogen and oxygen atoms in total. The highest BCUT2D eigenvalue weighted by Crippen LogP contribution is 2.15. The zero-order chi connectivity index (χ0) is 12.8. The smallest absolute Gasteiger partial charge is 0.145 e. The SMILES string of the molecule is CCc1ccc(CC(NC)c2ncccn2)cc1. The van der Waals surface area contributed by atoms with Gasteiger partial charge < -0.3 is 5.32 Å². The highest BCUT2D eigenvalue weighted by Gasteiger charge is 2.12. The fraction of sp³-hybridized carbons (Fsp3) is 0.333. The lowest BCUT2D eigenvalue weighted by molar-refractivity contribution is 0.557. The summed E-state index contributed by atoms with van der Waals surface area (Å²) in [5.41, 5.74) is 2.68. The van der Waals surface area contributed by atoms with Gasteiger partial charge in [0, 0.05) is 12.4 Å². The molecule has 1 aromatic carbocycles. The van der Waals surface area contributed by atoms with Crippen molar-refractivity contribution in [3.05, 3.63) is 59.7 Å². The van der Waals surface area contributed by atoms with E-state index < -0.39 is 0 Å². The first kappa shape index (κ1) is 12.7. The third-order valence-corrected chi connectivity index (χ3v) is 3.12. The topological polar surface area (TPSA) is 37.8 Å². The molecule has 1 unspecified atom stereocenters. The van der Waals surface area contributed by atoms with Crippen LogP contribution < -0.4 is 5.32 Å². The van der Waals surface area contributed by atoms with E-state index in [-0.39, 0.29) is 6.04 Å². The van der Waals surface area contributed by atoms with E-state index in [1.165, 1.54) is 11.1 Å². The second-order valence-electron chi connectivity index (χ2n) is 4.32. The lowest BCUT2D eigenvalue weighted by Gasteiger charge is -2.14. The van der Waals surface area contributed by atoms with Crippen LogP contribution in [0, 0.1) is 0 Å². The largest absolute Gasteiger partial charge is 0.310 e. The highest BCUT2D eigenvalue weighted by atomic mass is 15.0. The molecule has 0 amide bonds. The van der Waals surface area contributed by atoms with Crippen molar-refractivity contribution >= 4 is 0 Å². The van der Waals surface area contributed by atoms with Gasteiger partial charge in [-0.25, -0.2) is 9.97 Å². The molecular weight excluding hydrogens is 222 g/mol. The number of rotatable bonds is 5. The molecule has 3 heteroatoms. The highest BCUT2D eigenvalue weighted by molar-refractivity contribution is 5.23. The van der Waals surface area contributed by atoms with Gasteiger partial charge in [0.1, 0.15) is 5.82 Å². The van der Waals surface area contributed by atoms with Gasteiger partial charge in [-0.05, 0) is 37.1 Å². The first-order valence-corrected chi connectivity index (χ1v) is 6.35. The van der Waals surface area contributed by atoms with Crippen LogP contribution in [-0.4, -0.2) is 17.0 Å². The second kappa shape index (κ2) is 6.26. The summed E-state index contributed by atoms with van der Waals surface area (Å²) in [5.74, 6) is 0.847. The molecule has 0 bridgehead atoms. The summed E-state index contributed by atoms with van der Waals surface area (Å²) in [5, 5.41) is 3.27. The molecule has 2 aromatic rings. The van der Waals surface area contributed by atoms with Crippen LogP contribution in [0.25, 0.3) is 0 Å². The average molecular weight is 241 g/mol. The standard InChI is InChI=1S/C15H19N3/c1-3-12-5-7-13(8-6-12)11-14(16-2)15-17-9-4-10-18-15/h4-10,14,16H,3,11H2,1-2H3. The second-order valence-corrected chi connectivity index (χ2v) is 4.32. The predicted octanol–water partition coefficient (Wildman–Crippen LogP) is 2.54. The predicted molar refractivity (Wildman–Crippen MR) is 73.4 cm³/mol. The van der Waals surface area contributed by atoms with Gasteiger partial charge in [0.05, 0.1) is 6.04 Å². The van der Waals surface area contributed by atoms with E-state index in [0.717, 1.165) is 18.7 Å². The van der Waals surface area contributed by atoms with Crippen LogP contribution >= 0.6 is 0 Å². The Balaban J connectivity index is 2.10. The molecule has 0 aliphatic rings. The molecule has 2 rings (SSSR count). The number of hydrogen-bond donors (Lipinski definition) is 1. The van der Waals surface area contributed by atoms with Gasteiger partial charge >= 0.3 is 0 Å². The number of aryl methyl sites for hydroxylation is 1. The Morgan fingerprint density at radius 2 is 1.67 bits per heavy atom. The fourth-order valence-electron chi connectivity index (χ4n) is 1.96. The van der Waals surface area contributed by atoms with Crippen LogP contribution in [-0.2, 0) is 12.8 Å². The van der Waals surface area contributed by atoms with Crippen molar-refractivity contribution in [3.63, 3.8) is 0 Å². The Bertz CT molecular complexity index is 465. The molecule has 18 heavy (non-hydrogen) atoms. The monoisotopic (exact) mass is 241 g/mol. The summed E-state index contributed by atoms with van der Waals surface area (Å²) in [6.07, 6.45) is 5.56. The summed E-state index contributed by atoms with van der Waals surface area (Å²) in [6, 6.07) is 10.8. The number of nitrogens with zero attached hydrogens (tertiary/aromatic N) is 2. The summed E-state index contributed by atoms with van der Waals surface area (Å²) in [7, 11) is 1.95. The van der Waals surface area contributed by atoms with E-state index in [1.54, 1.807) is 12.4 Å². The van der Waals surface area contributed by atoms with Gasteiger partial charge in [0.15, 0.2) is 0 Å². The lowest BCUT2D eigenvalue weighted by Crippen LogP contribution is -2.21. The Hall–Kier alpha value is -1.74. The van der Waals surface area contributed by atoms with E-state index in [0.29, 0.717) is 0 Å². The van der Waals surface area contributed by atoms with E-state index in [1.807, 2.05) is 13.1 Å². The molecule has 1 N–H and O–H groups in total. The molecule has 0 fully saturated rings. The van der Waals surface area contributed by atoms with Crippen molar-refractivity contribution in [2.45, 2.75) is 25.8 Å². The molecule has 1 heterocycles. The van der Waals surface area contributed by atoms with Crippen molar-refractivity contribution in [2.24, 2.45) is 0 Å². The molecule has 1 atom stereocenters. The van der Waals surface area contributed by atoms with Gasteiger partial charge in [-0.2, -0.15) is 0 Å². The van der Waals surface area contributed by atoms with Gasteiger partial charge in [-0.1, -0.05) is 31.2 Å². The first-order chi connectivity index (χ1) is 8.83. The van der Waals surface area contributed by atoms with Crippen molar-refractivity contribution in [2.75, 3.05) is 7.05 Å². The molecular formula is C15H19N3. The quantitative estimate of drug-likeness (QED) is 0.874. The van der Waals surface area contributed by atoms with Crippen LogP contribution in [0.4, 0.5) is 0 Å². The maximum absolute atomic E-state index is 4.31. The van der Waals surface area contributed by atoms with Crippen molar-refractivity contribution in [1.82, 2.24) is 15.3 Å². The molecule has 0 aliphatic carbocycles. The molecule has 1 aromatic heterocycles. The summed E-state index contributed by atoms with van der Waals surface area (Å²) >= 11 is 0. The van der Waals surface area contributed by atoms with Crippen LogP contribution in [0.15, 0.2) is 42.7 Å². The zero-order valence-corrected chi connectivity index (χ0v) is 10.9. The van der Waals surface area contributed by atoms with Crippen LogP contribution in [0.5, 0.6) is 0 Å². The van der Waals surface area contributed by atoms with Crippen LogP contribution in [0.3, 0.4) is 0 Å². The Labute approximate surface area is 108 Å². The van der Waals surface area contributed by atoms with E-state index in [2.05, 4.69) is 46.5 Å². The van der Waals surface area contributed by atoms with E-state index >= 15 is 0 Å². The van der Waals surface area contributed by atoms with E-state index in [9.17, 15) is 0 Å². The molecule has 0 spiro atoms. The van der Waals surface area contributed by atoms with Gasteiger partial charge in [-0.3, -0.25) is 0 Å². The minimum absolute atomic E-state index is 0.165. The average Bonchev–Trinajstić information content (AvgIpc) is 2.46. The summed E-state index contributed by atoms with van der Waals surface area (Å²) in [6.45, 7) is 2.17. The molecule has 94 valence electrons. The lowest BCUT2D eigenvalue weighted by atomic mass is 10.0. The van der Waals surface area contributed by atoms with Gasteiger partial charge in [0.2, 0.25) is 0 Å². The molecule has 0 saturated heterocycles. The maximum atomic E-state index is 4.31. The first-order valence-electron chi connectivity index (χ1n) is 6.35. The van der Waals surface area contributed by atoms with Gasteiger partial charge in [-0.15, -0.1) is 0 Å². The number of nitrogens with one attached hydrogen (secondary N) is 1. The number of hydrogen-bond acceptors (Lipinski definition) is 3. The molecule has 0 aliphatic heterocycles. The van der Waals surface area contributed by atoms with Crippen molar-refractivity contribution in [1.29, 1.82) is 0 Å². The van der Waals surface area contributed by atoms with Crippen molar-refractivity contribution in [3.8, 4) is 0 Å². The number of benzene rings is 1. The third kappa shape index (κ3) is 3.14. The normalized spacial score (nSPS) is 12.3. The summed E-state index contributed by atoms with van der Waals surface area (Å²) < 4.78 is 0. The summed E-state index contributed by atoms with van der Waals surface area (Å²) in [4.78, 5) is 8.61.